The topological polar surface area (TPSA) is 29.5 Å². The monoisotopic (exact) mass is 271 g/mol. The van der Waals surface area contributed by atoms with Crippen LogP contribution in [-0.4, -0.2) is 37.1 Å². The fraction of sp³-hybridized carbons (Fsp3) is 0.583. The van der Waals surface area contributed by atoms with E-state index in [2.05, 4.69) is 19.6 Å². The summed E-state index contributed by atoms with van der Waals surface area (Å²) in [5.74, 6) is 0.622. The van der Waals surface area contributed by atoms with Gasteiger partial charge in [-0.1, -0.05) is 6.92 Å². The molecule has 0 aliphatic carbocycles. The predicted molar refractivity (Wildman–Crippen MR) is 72.1 cm³/mol. The Morgan fingerprint density at radius 1 is 1.65 bits per heavy atom. The third kappa shape index (κ3) is 2.84. The third-order valence-corrected chi connectivity index (χ3v) is 4.63. The molecule has 1 fully saturated rings. The van der Waals surface area contributed by atoms with Crippen molar-refractivity contribution in [2.24, 2.45) is 5.92 Å². The first-order chi connectivity index (χ1) is 8.11. The number of amides is 1. The van der Waals surface area contributed by atoms with Gasteiger partial charge in [0.15, 0.2) is 0 Å². The van der Waals surface area contributed by atoms with Gasteiger partial charge in [0.25, 0.3) is 5.91 Å². The Kier molecular flexibility index (Phi) is 4.12. The van der Waals surface area contributed by atoms with Crippen LogP contribution >= 0.6 is 24.0 Å². The first-order valence-electron chi connectivity index (χ1n) is 5.71. The van der Waals surface area contributed by atoms with E-state index in [1.54, 1.807) is 7.11 Å². The molecule has 2 atom stereocenters. The summed E-state index contributed by atoms with van der Waals surface area (Å²) in [6.45, 7) is 3.68. The highest BCUT2D eigenvalue weighted by Gasteiger charge is 2.29. The van der Waals surface area contributed by atoms with E-state index in [1.165, 1.54) is 11.3 Å². The second-order valence-electron chi connectivity index (χ2n) is 4.46. The van der Waals surface area contributed by atoms with Crippen molar-refractivity contribution in [3.8, 4) is 0 Å². The number of carbonyl (C=O) groups is 1. The Balaban J connectivity index is 2.05. The fourth-order valence-corrected chi connectivity index (χ4v) is 3.23. The van der Waals surface area contributed by atoms with Crippen molar-refractivity contribution in [1.82, 2.24) is 4.90 Å². The van der Waals surface area contributed by atoms with Gasteiger partial charge in [-0.05, 0) is 18.4 Å². The Morgan fingerprint density at radius 2 is 2.41 bits per heavy atom. The van der Waals surface area contributed by atoms with Crippen LogP contribution in [0.25, 0.3) is 0 Å². The van der Waals surface area contributed by atoms with Gasteiger partial charge < -0.3 is 9.64 Å². The molecule has 1 amide bonds. The minimum absolute atomic E-state index is 0.101. The molecular formula is C12H17NO2S2. The number of ether oxygens (including phenoxy) is 1. The van der Waals surface area contributed by atoms with Gasteiger partial charge in [-0.3, -0.25) is 4.79 Å². The summed E-state index contributed by atoms with van der Waals surface area (Å²) < 4.78 is 5.42. The Labute approximate surface area is 111 Å². The maximum atomic E-state index is 12.2. The molecule has 5 heteroatoms. The molecule has 2 unspecified atom stereocenters. The molecule has 0 N–H and O–H groups in total. The summed E-state index contributed by atoms with van der Waals surface area (Å²) in [5, 5.41) is 1.89. The lowest BCUT2D eigenvalue weighted by Gasteiger charge is -2.36. The number of rotatable bonds is 2. The van der Waals surface area contributed by atoms with Crippen molar-refractivity contribution in [3.05, 3.63) is 16.3 Å². The zero-order valence-electron chi connectivity index (χ0n) is 10.0. The van der Waals surface area contributed by atoms with Gasteiger partial charge in [0.2, 0.25) is 0 Å². The summed E-state index contributed by atoms with van der Waals surface area (Å²) >= 11 is 5.68. The SMILES string of the molecule is COC1CN(C(=O)c2cc(S)cs2)CCC1C. The molecule has 94 valence electrons. The van der Waals surface area contributed by atoms with Gasteiger partial charge in [-0.25, -0.2) is 0 Å². The Bertz CT molecular complexity index is 405. The molecular weight excluding hydrogens is 254 g/mol. The van der Waals surface area contributed by atoms with E-state index in [1.807, 2.05) is 16.3 Å². The molecule has 0 radical (unpaired) electrons. The number of nitrogens with zero attached hydrogens (tertiary/aromatic N) is 1. The highest BCUT2D eigenvalue weighted by atomic mass is 32.1. The number of methoxy groups -OCH3 is 1. The lowest BCUT2D eigenvalue weighted by atomic mass is 9.96. The second-order valence-corrected chi connectivity index (χ2v) is 5.89. The Morgan fingerprint density at radius 3 is 3.00 bits per heavy atom. The molecule has 3 nitrogen and oxygen atoms in total. The number of hydrogen-bond acceptors (Lipinski definition) is 4. The van der Waals surface area contributed by atoms with Gasteiger partial charge in [0, 0.05) is 30.5 Å². The smallest absolute Gasteiger partial charge is 0.264 e. The molecule has 0 bridgehead atoms. The van der Waals surface area contributed by atoms with E-state index in [-0.39, 0.29) is 12.0 Å². The van der Waals surface area contributed by atoms with Crippen LogP contribution in [0, 0.1) is 5.92 Å². The van der Waals surface area contributed by atoms with E-state index in [0.717, 1.165) is 22.7 Å². The van der Waals surface area contributed by atoms with Crippen molar-refractivity contribution in [2.75, 3.05) is 20.2 Å². The summed E-state index contributed by atoms with van der Waals surface area (Å²) in [6, 6.07) is 1.83. The molecule has 1 aliphatic rings. The first-order valence-corrected chi connectivity index (χ1v) is 7.04. The van der Waals surface area contributed by atoms with Crippen molar-refractivity contribution in [1.29, 1.82) is 0 Å². The van der Waals surface area contributed by atoms with Crippen molar-refractivity contribution < 1.29 is 9.53 Å². The van der Waals surface area contributed by atoms with Crippen LogP contribution in [0.1, 0.15) is 23.0 Å². The van der Waals surface area contributed by atoms with Gasteiger partial charge in [-0.15, -0.1) is 24.0 Å². The summed E-state index contributed by atoms with van der Waals surface area (Å²) in [4.78, 5) is 15.7. The van der Waals surface area contributed by atoms with Crippen molar-refractivity contribution >= 4 is 29.9 Å². The summed E-state index contributed by atoms with van der Waals surface area (Å²) in [7, 11) is 1.71. The number of carbonyl (C=O) groups excluding carboxylic acids is 1. The van der Waals surface area contributed by atoms with E-state index < -0.39 is 0 Å². The number of likely N-dealkylation sites (tertiary alicyclic amines) is 1. The molecule has 1 saturated heterocycles. The van der Waals surface area contributed by atoms with Crippen LogP contribution in [0.3, 0.4) is 0 Å². The first kappa shape index (κ1) is 12.9. The molecule has 1 aromatic rings. The maximum absolute atomic E-state index is 12.2. The van der Waals surface area contributed by atoms with E-state index in [9.17, 15) is 4.79 Å². The molecule has 0 aromatic carbocycles. The maximum Gasteiger partial charge on any atom is 0.264 e. The molecule has 0 spiro atoms. The highest BCUT2D eigenvalue weighted by molar-refractivity contribution is 7.80. The minimum atomic E-state index is 0.101. The number of piperidine rings is 1. The van der Waals surface area contributed by atoms with E-state index in [4.69, 9.17) is 4.74 Å². The molecule has 0 saturated carbocycles. The van der Waals surface area contributed by atoms with Crippen LogP contribution < -0.4 is 0 Å². The summed E-state index contributed by atoms with van der Waals surface area (Å²) in [6.07, 6.45) is 1.16. The van der Waals surface area contributed by atoms with Crippen LogP contribution in [0.2, 0.25) is 0 Å². The zero-order chi connectivity index (χ0) is 12.4. The third-order valence-electron chi connectivity index (χ3n) is 3.28. The molecule has 1 aliphatic heterocycles. The molecule has 1 aromatic heterocycles. The largest absolute Gasteiger partial charge is 0.379 e. The average Bonchev–Trinajstić information content (AvgIpc) is 2.75. The van der Waals surface area contributed by atoms with Gasteiger partial charge >= 0.3 is 0 Å². The number of thiol groups is 1. The quantitative estimate of drug-likeness (QED) is 0.838. The van der Waals surface area contributed by atoms with Crippen LogP contribution in [0.15, 0.2) is 16.3 Å². The van der Waals surface area contributed by atoms with Gasteiger partial charge in [0.05, 0.1) is 11.0 Å². The standard InChI is InChI=1S/C12H17NO2S2/c1-8-3-4-13(6-10(8)15-2)12(14)11-5-9(16)7-17-11/h5,7-8,10,16H,3-4,6H2,1-2H3. The normalized spacial score (nSPS) is 25.0. The van der Waals surface area contributed by atoms with E-state index in [0.29, 0.717) is 12.5 Å². The van der Waals surface area contributed by atoms with Crippen LogP contribution in [0.5, 0.6) is 0 Å². The number of thiophene rings is 1. The van der Waals surface area contributed by atoms with Crippen LogP contribution in [0.4, 0.5) is 0 Å². The summed E-state index contributed by atoms with van der Waals surface area (Å²) in [5.41, 5.74) is 0. The second kappa shape index (κ2) is 5.42. The molecule has 17 heavy (non-hydrogen) atoms. The van der Waals surface area contributed by atoms with Gasteiger partial charge in [0.1, 0.15) is 0 Å². The van der Waals surface area contributed by atoms with E-state index >= 15 is 0 Å². The van der Waals surface area contributed by atoms with Crippen molar-refractivity contribution in [3.63, 3.8) is 0 Å². The number of hydrogen-bond donors (Lipinski definition) is 1. The predicted octanol–water partition coefficient (Wildman–Crippen LogP) is 2.53. The van der Waals surface area contributed by atoms with Gasteiger partial charge in [-0.2, -0.15) is 0 Å². The lowest BCUT2D eigenvalue weighted by molar-refractivity contribution is -0.00139. The Hall–Kier alpha value is -0.520. The fourth-order valence-electron chi connectivity index (χ4n) is 2.12. The molecule has 2 rings (SSSR count). The average molecular weight is 271 g/mol. The van der Waals surface area contributed by atoms with Crippen LogP contribution in [-0.2, 0) is 4.74 Å². The van der Waals surface area contributed by atoms with Crippen molar-refractivity contribution in [2.45, 2.75) is 24.3 Å². The highest BCUT2D eigenvalue weighted by Crippen LogP contribution is 2.24. The minimum Gasteiger partial charge on any atom is -0.379 e. The zero-order valence-corrected chi connectivity index (χ0v) is 11.8. The lowest BCUT2D eigenvalue weighted by Crippen LogP contribution is -2.46. The molecule has 2 heterocycles.